The summed E-state index contributed by atoms with van der Waals surface area (Å²) in [6.07, 6.45) is 1.84. The van der Waals surface area contributed by atoms with Crippen LogP contribution in [-0.2, 0) is 7.05 Å². The van der Waals surface area contributed by atoms with Gasteiger partial charge in [-0.1, -0.05) is 30.3 Å². The van der Waals surface area contributed by atoms with Crippen molar-refractivity contribution in [1.29, 1.82) is 0 Å². The third-order valence-corrected chi connectivity index (χ3v) is 2.56. The average molecular weight is 281 g/mol. The molecule has 0 bridgehead atoms. The highest BCUT2D eigenvalue weighted by Gasteiger charge is 2.16. The molecule has 0 aliphatic rings. The Kier molecular flexibility index (Phi) is 5.54. The highest BCUT2D eigenvalue weighted by molar-refractivity contribution is 5.98. The predicted octanol–water partition coefficient (Wildman–Crippen LogP) is 1.20. The summed E-state index contributed by atoms with van der Waals surface area (Å²) >= 11 is 0. The maximum atomic E-state index is 12.0. The number of hydrogen-bond donors (Lipinski definition) is 2. The van der Waals surface area contributed by atoms with Gasteiger partial charge in [-0.3, -0.25) is 9.48 Å². The van der Waals surface area contributed by atoms with Gasteiger partial charge in [-0.05, 0) is 5.56 Å². The number of carbonyl (C=O) groups is 1. The Hall–Kier alpha value is -1.85. The number of carbonyl (C=O) groups excluding carboxylic acids is 1. The topological polar surface area (TPSA) is 72.9 Å². The van der Waals surface area contributed by atoms with Crippen LogP contribution in [0.15, 0.2) is 36.5 Å². The van der Waals surface area contributed by atoms with E-state index in [1.807, 2.05) is 36.5 Å². The highest BCUT2D eigenvalue weighted by atomic mass is 35.5. The molecule has 19 heavy (non-hydrogen) atoms. The van der Waals surface area contributed by atoms with Gasteiger partial charge in [-0.25, -0.2) is 0 Å². The molecule has 0 spiro atoms. The van der Waals surface area contributed by atoms with Gasteiger partial charge < -0.3 is 11.1 Å². The van der Waals surface area contributed by atoms with Gasteiger partial charge in [0, 0.05) is 31.9 Å². The van der Waals surface area contributed by atoms with E-state index in [9.17, 15) is 4.79 Å². The fourth-order valence-electron chi connectivity index (χ4n) is 1.75. The highest BCUT2D eigenvalue weighted by Crippen LogP contribution is 2.22. The van der Waals surface area contributed by atoms with Gasteiger partial charge in [0.1, 0.15) is 0 Å². The van der Waals surface area contributed by atoms with Crippen molar-refractivity contribution in [3.05, 3.63) is 42.2 Å². The first-order valence-electron chi connectivity index (χ1n) is 5.79. The van der Waals surface area contributed by atoms with E-state index in [2.05, 4.69) is 10.4 Å². The Labute approximate surface area is 118 Å². The summed E-state index contributed by atoms with van der Waals surface area (Å²) in [4.78, 5) is 12.0. The molecule has 0 fully saturated rings. The van der Waals surface area contributed by atoms with E-state index in [0.717, 1.165) is 11.1 Å². The monoisotopic (exact) mass is 280 g/mol. The number of aryl methyl sites for hydroxylation is 1. The van der Waals surface area contributed by atoms with Crippen molar-refractivity contribution in [1.82, 2.24) is 15.1 Å². The van der Waals surface area contributed by atoms with Crippen molar-refractivity contribution >= 4 is 18.3 Å². The van der Waals surface area contributed by atoms with Gasteiger partial charge in [0.05, 0.1) is 0 Å². The Morgan fingerprint density at radius 3 is 2.68 bits per heavy atom. The van der Waals surface area contributed by atoms with Crippen LogP contribution in [0.1, 0.15) is 10.5 Å². The summed E-state index contributed by atoms with van der Waals surface area (Å²) in [5, 5.41) is 6.94. The SMILES string of the molecule is Cl.Cn1cc(-c2ccccc2)c(C(=O)NCCN)n1. The first-order chi connectivity index (χ1) is 8.72. The molecule has 102 valence electrons. The zero-order chi connectivity index (χ0) is 13.0. The molecule has 2 aromatic rings. The molecule has 0 aliphatic heterocycles. The molecule has 0 atom stereocenters. The van der Waals surface area contributed by atoms with Crippen LogP contribution in [0.4, 0.5) is 0 Å². The van der Waals surface area contributed by atoms with E-state index in [1.54, 1.807) is 11.7 Å². The van der Waals surface area contributed by atoms with Crippen molar-refractivity contribution in [2.24, 2.45) is 12.8 Å². The molecular formula is C13H17ClN4O. The summed E-state index contributed by atoms with van der Waals surface area (Å²) < 4.78 is 1.64. The van der Waals surface area contributed by atoms with E-state index < -0.39 is 0 Å². The Balaban J connectivity index is 0.00000180. The van der Waals surface area contributed by atoms with Crippen LogP contribution in [0.3, 0.4) is 0 Å². The van der Waals surface area contributed by atoms with Crippen molar-refractivity contribution in [3.63, 3.8) is 0 Å². The fraction of sp³-hybridized carbons (Fsp3) is 0.231. The summed E-state index contributed by atoms with van der Waals surface area (Å²) in [5.41, 5.74) is 7.60. The normalized spacial score (nSPS) is 9.79. The van der Waals surface area contributed by atoms with Crippen LogP contribution >= 0.6 is 12.4 Å². The summed E-state index contributed by atoms with van der Waals surface area (Å²) in [7, 11) is 1.80. The van der Waals surface area contributed by atoms with E-state index in [1.165, 1.54) is 0 Å². The molecule has 6 heteroatoms. The molecule has 0 saturated heterocycles. The average Bonchev–Trinajstić information content (AvgIpc) is 2.79. The van der Waals surface area contributed by atoms with Gasteiger partial charge in [0.25, 0.3) is 5.91 Å². The largest absolute Gasteiger partial charge is 0.349 e. The lowest BCUT2D eigenvalue weighted by molar-refractivity contribution is 0.0949. The van der Waals surface area contributed by atoms with Crippen molar-refractivity contribution in [2.75, 3.05) is 13.1 Å². The zero-order valence-electron chi connectivity index (χ0n) is 10.7. The van der Waals surface area contributed by atoms with Gasteiger partial charge in [0.15, 0.2) is 5.69 Å². The molecule has 0 saturated carbocycles. The number of halogens is 1. The molecule has 1 aromatic carbocycles. The Morgan fingerprint density at radius 2 is 2.05 bits per heavy atom. The van der Waals surface area contributed by atoms with Crippen molar-refractivity contribution in [2.45, 2.75) is 0 Å². The molecule has 3 N–H and O–H groups in total. The summed E-state index contributed by atoms with van der Waals surface area (Å²) in [5.74, 6) is -0.195. The third-order valence-electron chi connectivity index (χ3n) is 2.56. The molecule has 1 amide bonds. The standard InChI is InChI=1S/C13H16N4O.ClH/c1-17-9-11(10-5-3-2-4-6-10)12(16-17)13(18)15-8-7-14;/h2-6,9H,7-8,14H2,1H3,(H,15,18);1H. The number of nitrogens with zero attached hydrogens (tertiary/aromatic N) is 2. The minimum Gasteiger partial charge on any atom is -0.349 e. The molecule has 0 aliphatic carbocycles. The second kappa shape index (κ2) is 6.92. The molecule has 5 nitrogen and oxygen atoms in total. The number of amides is 1. The van der Waals surface area contributed by atoms with Crippen LogP contribution in [0.5, 0.6) is 0 Å². The summed E-state index contributed by atoms with van der Waals surface area (Å²) in [6.45, 7) is 0.864. The molecule has 2 rings (SSSR count). The number of aromatic nitrogens is 2. The lowest BCUT2D eigenvalue weighted by Gasteiger charge is -2.03. The molecule has 1 heterocycles. The van der Waals surface area contributed by atoms with Crippen LogP contribution in [0.2, 0.25) is 0 Å². The number of hydrogen-bond acceptors (Lipinski definition) is 3. The minimum absolute atomic E-state index is 0. The first kappa shape index (κ1) is 15.2. The van der Waals surface area contributed by atoms with E-state index in [-0.39, 0.29) is 18.3 Å². The van der Waals surface area contributed by atoms with Gasteiger partial charge in [0.2, 0.25) is 0 Å². The van der Waals surface area contributed by atoms with Gasteiger partial charge >= 0.3 is 0 Å². The molecule has 1 aromatic heterocycles. The maximum absolute atomic E-state index is 12.0. The smallest absolute Gasteiger partial charge is 0.272 e. The number of rotatable bonds is 4. The Bertz CT molecular complexity index is 539. The fourth-order valence-corrected chi connectivity index (χ4v) is 1.75. The number of nitrogens with one attached hydrogen (secondary N) is 1. The van der Waals surface area contributed by atoms with Gasteiger partial charge in [-0.2, -0.15) is 5.10 Å². The lowest BCUT2D eigenvalue weighted by Crippen LogP contribution is -2.29. The van der Waals surface area contributed by atoms with Crippen molar-refractivity contribution < 1.29 is 4.79 Å². The van der Waals surface area contributed by atoms with E-state index in [4.69, 9.17) is 5.73 Å². The summed E-state index contributed by atoms with van der Waals surface area (Å²) in [6, 6.07) is 9.72. The number of nitrogens with two attached hydrogens (primary N) is 1. The second-order valence-corrected chi connectivity index (χ2v) is 3.98. The first-order valence-corrected chi connectivity index (χ1v) is 5.79. The number of benzene rings is 1. The lowest BCUT2D eigenvalue weighted by atomic mass is 10.1. The molecular weight excluding hydrogens is 264 g/mol. The van der Waals surface area contributed by atoms with E-state index >= 15 is 0 Å². The zero-order valence-corrected chi connectivity index (χ0v) is 11.5. The van der Waals surface area contributed by atoms with Crippen LogP contribution < -0.4 is 11.1 Å². The van der Waals surface area contributed by atoms with Crippen molar-refractivity contribution in [3.8, 4) is 11.1 Å². The van der Waals surface area contributed by atoms with Crippen LogP contribution in [0.25, 0.3) is 11.1 Å². The van der Waals surface area contributed by atoms with Crippen LogP contribution in [-0.4, -0.2) is 28.8 Å². The maximum Gasteiger partial charge on any atom is 0.272 e. The predicted molar refractivity (Wildman–Crippen MR) is 77.3 cm³/mol. The third kappa shape index (κ3) is 3.56. The van der Waals surface area contributed by atoms with Gasteiger partial charge in [-0.15, -0.1) is 12.4 Å². The minimum atomic E-state index is -0.195. The van der Waals surface area contributed by atoms with Crippen LogP contribution in [0, 0.1) is 0 Å². The molecule has 0 radical (unpaired) electrons. The molecule has 0 unspecified atom stereocenters. The quantitative estimate of drug-likeness (QED) is 0.884. The van der Waals surface area contributed by atoms with E-state index in [0.29, 0.717) is 18.8 Å². The Morgan fingerprint density at radius 1 is 1.37 bits per heavy atom. The second-order valence-electron chi connectivity index (χ2n) is 3.98.